The number of rotatable bonds is 5. The molecule has 7 heteroatoms. The van der Waals surface area contributed by atoms with Crippen LogP contribution < -0.4 is 10.6 Å². The van der Waals surface area contributed by atoms with Crippen LogP contribution in [0.5, 0.6) is 0 Å². The van der Waals surface area contributed by atoms with E-state index in [4.69, 9.17) is 0 Å². The Hall–Kier alpha value is -1.86. The van der Waals surface area contributed by atoms with Gasteiger partial charge in [-0.3, -0.25) is 4.79 Å². The molecule has 0 spiro atoms. The molecule has 0 atom stereocenters. The summed E-state index contributed by atoms with van der Waals surface area (Å²) in [5.74, 6) is -1.96. The van der Waals surface area contributed by atoms with Crippen LogP contribution in [-0.2, 0) is 11.3 Å². The van der Waals surface area contributed by atoms with Gasteiger partial charge in [0.05, 0.1) is 0 Å². The van der Waals surface area contributed by atoms with E-state index in [2.05, 4.69) is 25.2 Å². The van der Waals surface area contributed by atoms with Crippen LogP contribution in [0.25, 0.3) is 11.1 Å². The number of benzene rings is 1. The highest BCUT2D eigenvalue weighted by molar-refractivity contribution is 7.10. The number of hydrogen-bond donors (Lipinski definition) is 2. The third kappa shape index (κ3) is 5.58. The summed E-state index contributed by atoms with van der Waals surface area (Å²) in [6, 6.07) is 9.07. The Morgan fingerprint density at radius 3 is 2.39 bits per heavy atom. The highest BCUT2D eigenvalue weighted by Gasteiger charge is 2.38. The maximum absolute atomic E-state index is 12.3. The van der Waals surface area contributed by atoms with Crippen molar-refractivity contribution in [2.45, 2.75) is 58.3 Å². The molecule has 1 aromatic carbocycles. The largest absolute Gasteiger partial charge is 0.471 e. The first-order valence-corrected chi connectivity index (χ1v) is 10.3. The quantitative estimate of drug-likeness (QED) is 0.637. The van der Waals surface area contributed by atoms with Crippen LogP contribution in [0.15, 0.2) is 35.7 Å². The van der Waals surface area contributed by atoms with Gasteiger partial charge < -0.3 is 10.6 Å². The summed E-state index contributed by atoms with van der Waals surface area (Å²) in [7, 11) is 0. The van der Waals surface area contributed by atoms with Gasteiger partial charge in [0, 0.05) is 23.2 Å². The average Bonchev–Trinajstić information content (AvgIpc) is 3.09. The number of thiophene rings is 1. The normalized spacial score (nSPS) is 17.5. The summed E-state index contributed by atoms with van der Waals surface area (Å²) in [5, 5.41) is 7.54. The average molecular weight is 411 g/mol. The van der Waals surface area contributed by atoms with Crippen molar-refractivity contribution in [2.24, 2.45) is 5.41 Å². The van der Waals surface area contributed by atoms with Crippen LogP contribution in [0.3, 0.4) is 0 Å². The third-order valence-electron chi connectivity index (χ3n) is 5.29. The Kier molecular flexibility index (Phi) is 6.15. The van der Waals surface area contributed by atoms with Gasteiger partial charge in [-0.1, -0.05) is 26.0 Å². The van der Waals surface area contributed by atoms with Gasteiger partial charge in [-0.2, -0.15) is 13.2 Å². The van der Waals surface area contributed by atoms with E-state index in [0.29, 0.717) is 11.5 Å². The predicted octanol–water partition coefficient (Wildman–Crippen LogP) is 5.97. The highest BCUT2D eigenvalue weighted by Crippen LogP contribution is 2.35. The lowest BCUT2D eigenvalue weighted by Crippen LogP contribution is -2.34. The van der Waals surface area contributed by atoms with E-state index in [-0.39, 0.29) is 5.69 Å². The molecular weight excluding hydrogens is 385 g/mol. The highest BCUT2D eigenvalue weighted by atomic mass is 32.1. The Balaban J connectivity index is 1.54. The number of nitrogens with one attached hydrogen (secondary N) is 2. The molecule has 0 bridgehead atoms. The van der Waals surface area contributed by atoms with Crippen LogP contribution >= 0.6 is 11.3 Å². The van der Waals surface area contributed by atoms with Gasteiger partial charge >= 0.3 is 12.1 Å². The molecular formula is C21H25F3N2OS. The fourth-order valence-corrected chi connectivity index (χ4v) is 4.27. The Morgan fingerprint density at radius 2 is 1.79 bits per heavy atom. The van der Waals surface area contributed by atoms with Gasteiger partial charge in [0.25, 0.3) is 0 Å². The van der Waals surface area contributed by atoms with E-state index in [9.17, 15) is 18.0 Å². The van der Waals surface area contributed by atoms with Crippen molar-refractivity contribution >= 4 is 22.9 Å². The molecule has 2 aromatic rings. The van der Waals surface area contributed by atoms with Crippen molar-refractivity contribution in [3.05, 3.63) is 40.6 Å². The van der Waals surface area contributed by atoms with Gasteiger partial charge in [-0.15, -0.1) is 11.3 Å². The smallest absolute Gasteiger partial charge is 0.318 e. The second kappa shape index (κ2) is 8.25. The molecule has 152 valence electrons. The lowest BCUT2D eigenvalue weighted by atomic mass is 9.75. The topological polar surface area (TPSA) is 41.1 Å². The maximum atomic E-state index is 12.3. The summed E-state index contributed by atoms with van der Waals surface area (Å²) in [6.45, 7) is 5.48. The molecule has 3 nitrogen and oxygen atoms in total. The zero-order valence-electron chi connectivity index (χ0n) is 16.0. The number of alkyl halides is 3. The summed E-state index contributed by atoms with van der Waals surface area (Å²) >= 11 is 1.67. The minimum atomic E-state index is -4.89. The van der Waals surface area contributed by atoms with Crippen LogP contribution in [0.4, 0.5) is 18.9 Å². The molecule has 1 fully saturated rings. The Bertz CT molecular complexity index is 802. The van der Waals surface area contributed by atoms with Gasteiger partial charge in [0.2, 0.25) is 0 Å². The first kappa shape index (κ1) is 20.9. The number of halogens is 3. The summed E-state index contributed by atoms with van der Waals surface area (Å²) < 4.78 is 36.9. The molecule has 1 heterocycles. The Morgan fingerprint density at radius 1 is 1.14 bits per heavy atom. The predicted molar refractivity (Wildman–Crippen MR) is 107 cm³/mol. The van der Waals surface area contributed by atoms with Crippen molar-refractivity contribution in [1.82, 2.24) is 5.32 Å². The molecule has 2 N–H and O–H groups in total. The van der Waals surface area contributed by atoms with Gasteiger partial charge in [0.15, 0.2) is 0 Å². The fraction of sp³-hybridized carbons (Fsp3) is 0.476. The van der Waals surface area contributed by atoms with Crippen molar-refractivity contribution in [3.8, 4) is 11.1 Å². The van der Waals surface area contributed by atoms with Crippen LogP contribution in [-0.4, -0.2) is 18.1 Å². The first-order chi connectivity index (χ1) is 13.1. The van der Waals surface area contributed by atoms with E-state index in [1.807, 2.05) is 10.7 Å². The molecule has 0 unspecified atom stereocenters. The van der Waals surface area contributed by atoms with E-state index in [1.54, 1.807) is 23.5 Å². The zero-order chi connectivity index (χ0) is 20.4. The zero-order valence-corrected chi connectivity index (χ0v) is 16.8. The molecule has 0 saturated heterocycles. The van der Waals surface area contributed by atoms with Crippen LogP contribution in [0.2, 0.25) is 0 Å². The van der Waals surface area contributed by atoms with E-state index in [1.165, 1.54) is 42.7 Å². The second-order valence-corrected chi connectivity index (χ2v) is 9.15. The minimum absolute atomic E-state index is 0.128. The number of anilines is 1. The SMILES string of the molecule is CC1(C)CCC(NCc2cc(-c3ccc(NC(=O)C(F)(F)F)cc3)cs2)CC1. The standard InChI is InChI=1S/C21H25F3N2OS/c1-20(2)9-7-16(8-10-20)25-12-18-11-15(13-28-18)14-3-5-17(6-4-14)26-19(27)21(22,23)24/h3-6,11,13,16,25H,7-10,12H2,1-2H3,(H,26,27). The molecule has 3 rings (SSSR count). The van der Waals surface area contributed by atoms with E-state index < -0.39 is 12.1 Å². The summed E-state index contributed by atoms with van der Waals surface area (Å²) in [5.41, 5.74) is 2.52. The molecule has 0 aliphatic heterocycles. The van der Waals surface area contributed by atoms with Crippen LogP contribution in [0, 0.1) is 5.41 Å². The number of carbonyl (C=O) groups excluding carboxylic acids is 1. The summed E-state index contributed by atoms with van der Waals surface area (Å²) in [6.07, 6.45) is 0.0177. The van der Waals surface area contributed by atoms with E-state index >= 15 is 0 Å². The van der Waals surface area contributed by atoms with Gasteiger partial charge in [-0.05, 0) is 65.8 Å². The van der Waals surface area contributed by atoms with Crippen molar-refractivity contribution in [2.75, 3.05) is 5.32 Å². The molecule has 1 amide bonds. The lowest BCUT2D eigenvalue weighted by molar-refractivity contribution is -0.167. The Labute approximate surface area is 167 Å². The van der Waals surface area contributed by atoms with Gasteiger partial charge in [0.1, 0.15) is 0 Å². The van der Waals surface area contributed by atoms with E-state index in [0.717, 1.165) is 17.7 Å². The third-order valence-corrected chi connectivity index (χ3v) is 6.23. The lowest BCUT2D eigenvalue weighted by Gasteiger charge is -2.34. The number of amides is 1. The van der Waals surface area contributed by atoms with Crippen molar-refractivity contribution in [1.29, 1.82) is 0 Å². The molecule has 1 aliphatic carbocycles. The second-order valence-electron chi connectivity index (χ2n) is 8.15. The number of hydrogen-bond acceptors (Lipinski definition) is 3. The van der Waals surface area contributed by atoms with Crippen molar-refractivity contribution < 1.29 is 18.0 Å². The monoisotopic (exact) mass is 410 g/mol. The number of carbonyl (C=O) groups is 1. The molecule has 1 aromatic heterocycles. The fourth-order valence-electron chi connectivity index (χ4n) is 3.42. The first-order valence-electron chi connectivity index (χ1n) is 9.42. The minimum Gasteiger partial charge on any atom is -0.318 e. The van der Waals surface area contributed by atoms with Crippen molar-refractivity contribution in [3.63, 3.8) is 0 Å². The molecule has 0 radical (unpaired) electrons. The summed E-state index contributed by atoms with van der Waals surface area (Å²) in [4.78, 5) is 12.2. The molecule has 28 heavy (non-hydrogen) atoms. The molecule has 1 aliphatic rings. The maximum Gasteiger partial charge on any atom is 0.471 e. The van der Waals surface area contributed by atoms with Crippen LogP contribution in [0.1, 0.15) is 44.4 Å². The molecule has 1 saturated carbocycles. The van der Waals surface area contributed by atoms with Gasteiger partial charge in [-0.25, -0.2) is 0 Å².